The van der Waals surface area contributed by atoms with Crippen LogP contribution in [0.4, 0.5) is 11.4 Å². The molecule has 23 heavy (non-hydrogen) atoms. The SMILES string of the molecule is CC(C)CC(=O)Nc1ccc(NC(=O)[C@H]2CCCCN2C)cc1. The number of piperidine rings is 1. The molecule has 1 aromatic rings. The van der Waals surface area contributed by atoms with Crippen LogP contribution in [0.25, 0.3) is 0 Å². The molecule has 0 saturated carbocycles. The van der Waals surface area contributed by atoms with E-state index in [1.54, 1.807) is 0 Å². The molecule has 0 radical (unpaired) electrons. The number of likely N-dealkylation sites (N-methyl/N-ethyl adjacent to an activating group) is 1. The van der Waals surface area contributed by atoms with Gasteiger partial charge in [0.05, 0.1) is 6.04 Å². The molecule has 2 amide bonds. The van der Waals surface area contributed by atoms with Crippen molar-refractivity contribution in [2.45, 2.75) is 45.6 Å². The summed E-state index contributed by atoms with van der Waals surface area (Å²) in [4.78, 5) is 26.2. The standard InChI is InChI=1S/C18H27N3O2/c1-13(2)12-17(22)19-14-7-9-15(10-8-14)20-18(23)16-6-4-5-11-21(16)3/h7-10,13,16H,4-6,11-12H2,1-3H3,(H,19,22)(H,20,23)/t16-/m1/s1. The predicted molar refractivity (Wildman–Crippen MR) is 93.4 cm³/mol. The highest BCUT2D eigenvalue weighted by atomic mass is 16.2. The predicted octanol–water partition coefficient (Wildman–Crippen LogP) is 3.09. The molecular weight excluding hydrogens is 290 g/mol. The monoisotopic (exact) mass is 317 g/mol. The van der Waals surface area contributed by atoms with E-state index in [2.05, 4.69) is 15.5 Å². The van der Waals surface area contributed by atoms with Crippen LogP contribution in [0.5, 0.6) is 0 Å². The van der Waals surface area contributed by atoms with Crippen molar-refractivity contribution in [3.8, 4) is 0 Å². The summed E-state index contributed by atoms with van der Waals surface area (Å²) in [6.45, 7) is 5.00. The number of nitrogens with zero attached hydrogens (tertiary/aromatic N) is 1. The Morgan fingerprint density at radius 1 is 1.13 bits per heavy atom. The highest BCUT2D eigenvalue weighted by Gasteiger charge is 2.25. The van der Waals surface area contributed by atoms with Gasteiger partial charge in [0.25, 0.3) is 0 Å². The van der Waals surface area contributed by atoms with Crippen LogP contribution in [-0.2, 0) is 9.59 Å². The van der Waals surface area contributed by atoms with E-state index in [1.807, 2.05) is 45.2 Å². The lowest BCUT2D eigenvalue weighted by atomic mass is 10.0. The molecule has 2 rings (SSSR count). The first kappa shape index (κ1) is 17.5. The van der Waals surface area contributed by atoms with Crippen LogP contribution in [0.15, 0.2) is 24.3 Å². The topological polar surface area (TPSA) is 61.4 Å². The molecule has 1 aliphatic rings. The summed E-state index contributed by atoms with van der Waals surface area (Å²) in [6.07, 6.45) is 3.67. The zero-order chi connectivity index (χ0) is 16.8. The molecule has 0 spiro atoms. The van der Waals surface area contributed by atoms with E-state index in [0.717, 1.165) is 37.2 Å². The smallest absolute Gasteiger partial charge is 0.241 e. The number of amides is 2. The lowest BCUT2D eigenvalue weighted by Gasteiger charge is -2.31. The van der Waals surface area contributed by atoms with Crippen molar-refractivity contribution in [3.05, 3.63) is 24.3 Å². The van der Waals surface area contributed by atoms with Gasteiger partial charge in [0.15, 0.2) is 0 Å². The second-order valence-corrected chi connectivity index (χ2v) is 6.70. The zero-order valence-corrected chi connectivity index (χ0v) is 14.3. The van der Waals surface area contributed by atoms with Crippen molar-refractivity contribution < 1.29 is 9.59 Å². The molecule has 0 aliphatic carbocycles. The van der Waals surface area contributed by atoms with Gasteiger partial charge in [-0.25, -0.2) is 0 Å². The zero-order valence-electron chi connectivity index (χ0n) is 14.3. The van der Waals surface area contributed by atoms with Crippen LogP contribution < -0.4 is 10.6 Å². The number of carbonyl (C=O) groups excluding carboxylic acids is 2. The summed E-state index contributed by atoms with van der Waals surface area (Å²) in [5, 5.41) is 5.83. The summed E-state index contributed by atoms with van der Waals surface area (Å²) in [5.74, 6) is 0.394. The molecule has 2 N–H and O–H groups in total. The largest absolute Gasteiger partial charge is 0.326 e. The maximum absolute atomic E-state index is 12.3. The minimum absolute atomic E-state index is 0.0145. The summed E-state index contributed by atoms with van der Waals surface area (Å²) in [7, 11) is 2.00. The van der Waals surface area contributed by atoms with Gasteiger partial charge in [-0.3, -0.25) is 14.5 Å². The van der Waals surface area contributed by atoms with Crippen LogP contribution >= 0.6 is 0 Å². The van der Waals surface area contributed by atoms with Gasteiger partial charge in [0.2, 0.25) is 11.8 Å². The molecule has 5 heteroatoms. The van der Waals surface area contributed by atoms with Crippen molar-refractivity contribution in [2.75, 3.05) is 24.2 Å². The summed E-state index contributed by atoms with van der Waals surface area (Å²) < 4.78 is 0. The van der Waals surface area contributed by atoms with Gasteiger partial charge in [-0.15, -0.1) is 0 Å². The Kier molecular flexibility index (Phi) is 6.16. The number of rotatable bonds is 5. The Labute approximate surface area is 138 Å². The van der Waals surface area contributed by atoms with Gasteiger partial charge >= 0.3 is 0 Å². The molecule has 1 fully saturated rings. The van der Waals surface area contributed by atoms with Gasteiger partial charge in [-0.2, -0.15) is 0 Å². The number of hydrogen-bond acceptors (Lipinski definition) is 3. The van der Waals surface area contributed by atoms with Crippen molar-refractivity contribution in [1.29, 1.82) is 0 Å². The Morgan fingerprint density at radius 2 is 1.74 bits per heavy atom. The molecule has 126 valence electrons. The second kappa shape index (κ2) is 8.11. The van der Waals surface area contributed by atoms with E-state index in [1.165, 1.54) is 0 Å². The number of likely N-dealkylation sites (tertiary alicyclic amines) is 1. The lowest BCUT2D eigenvalue weighted by Crippen LogP contribution is -2.44. The molecule has 1 heterocycles. The van der Waals surface area contributed by atoms with Crippen molar-refractivity contribution in [3.63, 3.8) is 0 Å². The number of hydrogen-bond donors (Lipinski definition) is 2. The van der Waals surface area contributed by atoms with Crippen molar-refractivity contribution in [2.24, 2.45) is 5.92 Å². The molecule has 0 bridgehead atoms. The molecule has 1 saturated heterocycles. The summed E-state index contributed by atoms with van der Waals surface area (Å²) in [5.41, 5.74) is 1.51. The number of benzene rings is 1. The molecular formula is C18H27N3O2. The third kappa shape index (κ3) is 5.36. The average Bonchev–Trinajstić information content (AvgIpc) is 2.48. The maximum atomic E-state index is 12.3. The molecule has 1 aliphatic heterocycles. The first-order chi connectivity index (χ1) is 11.0. The van der Waals surface area contributed by atoms with Gasteiger partial charge in [0, 0.05) is 17.8 Å². The highest BCUT2D eigenvalue weighted by molar-refractivity contribution is 5.95. The molecule has 1 aromatic carbocycles. The van der Waals surface area contributed by atoms with Gasteiger partial charge in [0.1, 0.15) is 0 Å². The minimum Gasteiger partial charge on any atom is -0.326 e. The van der Waals surface area contributed by atoms with E-state index < -0.39 is 0 Å². The van der Waals surface area contributed by atoms with E-state index in [-0.39, 0.29) is 17.9 Å². The lowest BCUT2D eigenvalue weighted by molar-refractivity contribution is -0.121. The quantitative estimate of drug-likeness (QED) is 0.877. The van der Waals surface area contributed by atoms with Crippen LogP contribution in [0, 0.1) is 5.92 Å². The van der Waals surface area contributed by atoms with E-state index in [0.29, 0.717) is 12.3 Å². The number of anilines is 2. The summed E-state index contributed by atoms with van der Waals surface area (Å²) >= 11 is 0. The van der Waals surface area contributed by atoms with Crippen LogP contribution in [0.3, 0.4) is 0 Å². The number of carbonyl (C=O) groups is 2. The van der Waals surface area contributed by atoms with E-state index in [9.17, 15) is 9.59 Å². The molecule has 0 unspecified atom stereocenters. The molecule has 1 atom stereocenters. The molecule has 5 nitrogen and oxygen atoms in total. The van der Waals surface area contributed by atoms with Crippen LogP contribution in [0.2, 0.25) is 0 Å². The Morgan fingerprint density at radius 3 is 2.30 bits per heavy atom. The highest BCUT2D eigenvalue weighted by Crippen LogP contribution is 2.19. The first-order valence-corrected chi connectivity index (χ1v) is 8.36. The van der Waals surface area contributed by atoms with Crippen molar-refractivity contribution >= 4 is 23.2 Å². The van der Waals surface area contributed by atoms with Gasteiger partial charge < -0.3 is 10.6 Å². The van der Waals surface area contributed by atoms with Gasteiger partial charge in [-0.1, -0.05) is 20.3 Å². The van der Waals surface area contributed by atoms with E-state index >= 15 is 0 Å². The fraction of sp³-hybridized carbons (Fsp3) is 0.556. The fourth-order valence-corrected chi connectivity index (χ4v) is 2.85. The summed E-state index contributed by atoms with van der Waals surface area (Å²) in [6, 6.07) is 7.24. The van der Waals surface area contributed by atoms with Crippen LogP contribution in [0.1, 0.15) is 39.5 Å². The Hall–Kier alpha value is -1.88. The maximum Gasteiger partial charge on any atom is 0.241 e. The fourth-order valence-electron chi connectivity index (χ4n) is 2.85. The first-order valence-electron chi connectivity index (χ1n) is 8.36. The van der Waals surface area contributed by atoms with Crippen LogP contribution in [-0.4, -0.2) is 36.3 Å². The Balaban J connectivity index is 1.89. The van der Waals surface area contributed by atoms with Crippen molar-refractivity contribution in [1.82, 2.24) is 4.90 Å². The van der Waals surface area contributed by atoms with Gasteiger partial charge in [-0.05, 0) is 56.6 Å². The third-order valence-electron chi connectivity index (χ3n) is 4.10. The third-order valence-corrected chi connectivity index (χ3v) is 4.10. The number of nitrogens with one attached hydrogen (secondary N) is 2. The second-order valence-electron chi connectivity index (χ2n) is 6.70. The van der Waals surface area contributed by atoms with E-state index in [4.69, 9.17) is 0 Å². The minimum atomic E-state index is -0.0471. The molecule has 0 aromatic heterocycles. The normalized spacial score (nSPS) is 18.7. The average molecular weight is 317 g/mol. The Bertz CT molecular complexity index is 540.